The van der Waals surface area contributed by atoms with Gasteiger partial charge in [-0.2, -0.15) is 0 Å². The second-order valence-electron chi connectivity index (χ2n) is 6.39. The number of cyclic esters (lactones) is 1. The third-order valence-electron chi connectivity index (χ3n) is 2.47. The summed E-state index contributed by atoms with van der Waals surface area (Å²) >= 11 is 0. The first-order valence-corrected chi connectivity index (χ1v) is 5.54. The van der Waals surface area contributed by atoms with Crippen molar-refractivity contribution in [2.75, 3.05) is 6.54 Å². The molecule has 1 aliphatic rings. The maximum Gasteiger partial charge on any atom is 0.327 e. The molecule has 1 heterocycles. The summed E-state index contributed by atoms with van der Waals surface area (Å²) in [7, 11) is 0. The van der Waals surface area contributed by atoms with Crippen LogP contribution >= 0.6 is 0 Å². The number of hydrogen-bond donors (Lipinski definition) is 0. The van der Waals surface area contributed by atoms with E-state index in [0.29, 0.717) is 0 Å². The number of rotatable bonds is 0. The van der Waals surface area contributed by atoms with Crippen molar-refractivity contribution in [1.82, 2.24) is 4.90 Å². The van der Waals surface area contributed by atoms with Crippen LogP contribution in [0.2, 0.25) is 0 Å². The summed E-state index contributed by atoms with van der Waals surface area (Å²) in [5.41, 5.74) is -0.745. The maximum atomic E-state index is 12.2. The number of carbonyl (C=O) groups is 2. The zero-order valence-electron chi connectivity index (χ0n) is 11.0. The Morgan fingerprint density at radius 1 is 1.25 bits per heavy atom. The molecule has 0 aromatic carbocycles. The molecular weight excluding hydrogens is 206 g/mol. The summed E-state index contributed by atoms with van der Waals surface area (Å²) in [6.07, 6.45) is -0.452. The molecule has 0 spiro atoms. The standard InChI is InChI=1S/C12H21NO3/c1-11(2,3)9(15)13-7-8(14)16-10(13)12(4,5)6/h10H,7H2,1-6H3. The second-order valence-corrected chi connectivity index (χ2v) is 6.39. The van der Waals surface area contributed by atoms with Crippen LogP contribution in [0.3, 0.4) is 0 Å². The molecule has 1 saturated heterocycles. The van der Waals surface area contributed by atoms with Gasteiger partial charge in [0.25, 0.3) is 0 Å². The molecule has 1 fully saturated rings. The van der Waals surface area contributed by atoms with E-state index in [2.05, 4.69) is 0 Å². The Morgan fingerprint density at radius 2 is 1.75 bits per heavy atom. The lowest BCUT2D eigenvalue weighted by Gasteiger charge is -2.35. The Labute approximate surface area is 96.9 Å². The normalized spacial score (nSPS) is 22.2. The van der Waals surface area contributed by atoms with Crippen LogP contribution in [0.15, 0.2) is 0 Å². The summed E-state index contributed by atoms with van der Waals surface area (Å²) in [6, 6.07) is 0. The second kappa shape index (κ2) is 3.75. The van der Waals surface area contributed by atoms with Crippen molar-refractivity contribution in [3.8, 4) is 0 Å². The highest BCUT2D eigenvalue weighted by Crippen LogP contribution is 2.32. The molecule has 0 aromatic heterocycles. The molecule has 0 aromatic rings. The fourth-order valence-electron chi connectivity index (χ4n) is 1.70. The van der Waals surface area contributed by atoms with Crippen LogP contribution < -0.4 is 0 Å². The molecule has 1 rings (SSSR count). The van der Waals surface area contributed by atoms with Gasteiger partial charge in [-0.15, -0.1) is 0 Å². The van der Waals surface area contributed by atoms with Crippen LogP contribution in [0.25, 0.3) is 0 Å². The number of esters is 1. The summed E-state index contributed by atoms with van der Waals surface area (Å²) in [5.74, 6) is -0.365. The number of hydrogen-bond acceptors (Lipinski definition) is 3. The predicted molar refractivity (Wildman–Crippen MR) is 60.5 cm³/mol. The first kappa shape index (κ1) is 13.0. The maximum absolute atomic E-state index is 12.2. The Hall–Kier alpha value is -1.06. The van der Waals surface area contributed by atoms with E-state index in [9.17, 15) is 9.59 Å². The average Bonchev–Trinajstić information content (AvgIpc) is 2.43. The van der Waals surface area contributed by atoms with Crippen LogP contribution in [0.1, 0.15) is 41.5 Å². The van der Waals surface area contributed by atoms with Crippen LogP contribution in [0.4, 0.5) is 0 Å². The number of ether oxygens (including phenoxy) is 1. The minimum atomic E-state index is -0.489. The van der Waals surface area contributed by atoms with Crippen molar-refractivity contribution in [2.45, 2.75) is 47.8 Å². The van der Waals surface area contributed by atoms with Gasteiger partial charge >= 0.3 is 5.97 Å². The zero-order valence-corrected chi connectivity index (χ0v) is 11.0. The Bertz CT molecular complexity index is 309. The van der Waals surface area contributed by atoms with E-state index < -0.39 is 11.6 Å². The smallest absolute Gasteiger partial charge is 0.327 e. The molecule has 0 bridgehead atoms. The molecule has 92 valence electrons. The van der Waals surface area contributed by atoms with Gasteiger partial charge in [-0.1, -0.05) is 41.5 Å². The lowest BCUT2D eigenvalue weighted by atomic mass is 9.90. The van der Waals surface area contributed by atoms with Gasteiger partial charge in [0.15, 0.2) is 6.23 Å². The third kappa shape index (κ3) is 2.54. The fourth-order valence-corrected chi connectivity index (χ4v) is 1.70. The van der Waals surface area contributed by atoms with Gasteiger partial charge in [-0.25, -0.2) is 0 Å². The van der Waals surface area contributed by atoms with E-state index >= 15 is 0 Å². The predicted octanol–water partition coefficient (Wildman–Crippen LogP) is 1.79. The summed E-state index contributed by atoms with van der Waals surface area (Å²) in [6.45, 7) is 11.5. The van der Waals surface area contributed by atoms with Crippen molar-refractivity contribution >= 4 is 11.9 Å². The summed E-state index contributed by atoms with van der Waals surface area (Å²) < 4.78 is 5.22. The van der Waals surface area contributed by atoms with Crippen molar-refractivity contribution < 1.29 is 14.3 Å². The van der Waals surface area contributed by atoms with E-state index in [1.165, 1.54) is 0 Å². The van der Waals surface area contributed by atoms with E-state index in [0.717, 1.165) is 0 Å². The zero-order chi connectivity index (χ0) is 12.7. The van der Waals surface area contributed by atoms with Gasteiger partial charge in [-0.3, -0.25) is 14.5 Å². The lowest BCUT2D eigenvalue weighted by molar-refractivity contribution is -0.155. The van der Waals surface area contributed by atoms with Gasteiger partial charge in [-0.05, 0) is 0 Å². The van der Waals surface area contributed by atoms with Crippen molar-refractivity contribution in [3.63, 3.8) is 0 Å². The molecule has 1 aliphatic heterocycles. The Kier molecular flexibility index (Phi) is 3.05. The minimum Gasteiger partial charge on any atom is -0.440 e. The SMILES string of the molecule is CC(C)(C)C(=O)N1CC(=O)OC1C(C)(C)C. The van der Waals surface area contributed by atoms with Crippen molar-refractivity contribution in [2.24, 2.45) is 10.8 Å². The molecule has 1 amide bonds. The van der Waals surface area contributed by atoms with Gasteiger partial charge in [0.1, 0.15) is 6.54 Å². The van der Waals surface area contributed by atoms with E-state index in [1.54, 1.807) is 4.90 Å². The molecule has 4 heteroatoms. The molecule has 1 atom stereocenters. The first-order valence-electron chi connectivity index (χ1n) is 5.54. The highest BCUT2D eigenvalue weighted by Gasteiger charge is 2.45. The van der Waals surface area contributed by atoms with Crippen LogP contribution in [0.5, 0.6) is 0 Å². The van der Waals surface area contributed by atoms with E-state index in [-0.39, 0.29) is 23.8 Å². The fraction of sp³-hybridized carbons (Fsp3) is 0.833. The molecule has 0 radical (unpaired) electrons. The molecule has 0 aliphatic carbocycles. The molecule has 0 N–H and O–H groups in total. The quantitative estimate of drug-likeness (QED) is 0.593. The molecule has 1 unspecified atom stereocenters. The first-order chi connectivity index (χ1) is 7.03. The number of carbonyl (C=O) groups excluding carboxylic acids is 2. The highest BCUT2D eigenvalue weighted by molar-refractivity contribution is 5.87. The lowest BCUT2D eigenvalue weighted by Crippen LogP contribution is -2.48. The Balaban J connectivity index is 2.95. The van der Waals surface area contributed by atoms with Gasteiger partial charge in [0.05, 0.1) is 0 Å². The highest BCUT2D eigenvalue weighted by atomic mass is 16.6. The molecular formula is C12H21NO3. The average molecular weight is 227 g/mol. The van der Waals surface area contributed by atoms with Gasteiger partial charge in [0.2, 0.25) is 5.91 Å². The number of amides is 1. The van der Waals surface area contributed by atoms with E-state index in [4.69, 9.17) is 4.74 Å². The topological polar surface area (TPSA) is 46.6 Å². The molecule has 16 heavy (non-hydrogen) atoms. The molecule has 0 saturated carbocycles. The van der Waals surface area contributed by atoms with Crippen LogP contribution in [0, 0.1) is 10.8 Å². The minimum absolute atomic E-state index is 0.0433. The van der Waals surface area contributed by atoms with Crippen LogP contribution in [-0.2, 0) is 14.3 Å². The van der Waals surface area contributed by atoms with Gasteiger partial charge in [0, 0.05) is 10.8 Å². The number of nitrogens with zero attached hydrogens (tertiary/aromatic N) is 1. The largest absolute Gasteiger partial charge is 0.440 e. The molecule has 4 nitrogen and oxygen atoms in total. The third-order valence-corrected chi connectivity index (χ3v) is 2.47. The van der Waals surface area contributed by atoms with Crippen LogP contribution in [-0.4, -0.2) is 29.5 Å². The monoisotopic (exact) mass is 227 g/mol. The van der Waals surface area contributed by atoms with Gasteiger partial charge < -0.3 is 4.74 Å². The van der Waals surface area contributed by atoms with Crippen molar-refractivity contribution in [1.29, 1.82) is 0 Å². The summed E-state index contributed by atoms with van der Waals surface area (Å²) in [4.78, 5) is 25.0. The Morgan fingerprint density at radius 3 is 2.12 bits per heavy atom. The van der Waals surface area contributed by atoms with E-state index in [1.807, 2.05) is 41.5 Å². The van der Waals surface area contributed by atoms with Crippen molar-refractivity contribution in [3.05, 3.63) is 0 Å². The summed E-state index contributed by atoms with van der Waals surface area (Å²) in [5, 5.41) is 0.